The zero-order valence-electron chi connectivity index (χ0n) is 17.5. The SMILES string of the molecule is N=C(N)N(CCO)c1ccc(C(=O)NCC(NS(=O)(=O)c2ccccc2)C(=O)O)cc1[N+](=O)[O-]. The fraction of sp³-hybridized carbons (Fsp3) is 0.211. The molecule has 0 radical (unpaired) electrons. The van der Waals surface area contributed by atoms with Crippen LogP contribution in [0.25, 0.3) is 0 Å². The second-order valence-corrected chi connectivity index (χ2v) is 8.47. The monoisotopic (exact) mass is 494 g/mol. The molecule has 0 aromatic heterocycles. The van der Waals surface area contributed by atoms with Crippen LogP contribution in [0.5, 0.6) is 0 Å². The summed E-state index contributed by atoms with van der Waals surface area (Å²) in [5.41, 5.74) is 4.46. The van der Waals surface area contributed by atoms with Crippen LogP contribution in [-0.4, -0.2) is 67.1 Å². The van der Waals surface area contributed by atoms with E-state index in [4.69, 9.17) is 16.2 Å². The number of aliphatic hydroxyl groups is 1. The molecule has 14 nitrogen and oxygen atoms in total. The fourth-order valence-electron chi connectivity index (χ4n) is 2.84. The Hall–Kier alpha value is -4.08. The number of guanidine groups is 1. The Bertz CT molecular complexity index is 1190. The molecule has 1 amide bonds. The molecule has 0 spiro atoms. The van der Waals surface area contributed by atoms with E-state index in [1.54, 1.807) is 6.07 Å². The largest absolute Gasteiger partial charge is 0.480 e. The third-order valence-electron chi connectivity index (χ3n) is 4.46. The van der Waals surface area contributed by atoms with Gasteiger partial charge in [-0.05, 0) is 24.3 Å². The fourth-order valence-corrected chi connectivity index (χ4v) is 4.05. The normalized spacial score (nSPS) is 11.9. The average Bonchev–Trinajstić information content (AvgIpc) is 2.79. The van der Waals surface area contributed by atoms with Gasteiger partial charge in [0.1, 0.15) is 11.7 Å². The Morgan fingerprint density at radius 3 is 2.38 bits per heavy atom. The number of anilines is 1. The maximum atomic E-state index is 12.5. The van der Waals surface area contributed by atoms with E-state index in [1.165, 1.54) is 30.3 Å². The van der Waals surface area contributed by atoms with Crippen LogP contribution >= 0.6 is 0 Å². The Labute approximate surface area is 193 Å². The van der Waals surface area contributed by atoms with Crippen molar-refractivity contribution in [2.45, 2.75) is 10.9 Å². The number of nitrogens with zero attached hydrogens (tertiary/aromatic N) is 2. The Balaban J connectivity index is 2.22. The summed E-state index contributed by atoms with van der Waals surface area (Å²) in [5.74, 6) is -3.03. The smallest absolute Gasteiger partial charge is 0.323 e. The summed E-state index contributed by atoms with van der Waals surface area (Å²) in [4.78, 5) is 35.5. The molecule has 7 N–H and O–H groups in total. The van der Waals surface area contributed by atoms with E-state index < -0.39 is 57.7 Å². The van der Waals surface area contributed by atoms with Crippen molar-refractivity contribution in [3.8, 4) is 0 Å². The first kappa shape index (κ1) is 26.2. The predicted octanol–water partition coefficient (Wildman–Crippen LogP) is -0.552. The number of aliphatic carboxylic acids is 1. The Morgan fingerprint density at radius 1 is 1.21 bits per heavy atom. The molecule has 2 rings (SSSR count). The van der Waals surface area contributed by atoms with Gasteiger partial charge in [-0.25, -0.2) is 8.42 Å². The number of hydrogen-bond donors (Lipinski definition) is 6. The van der Waals surface area contributed by atoms with Gasteiger partial charge < -0.3 is 26.2 Å². The van der Waals surface area contributed by atoms with Gasteiger partial charge >= 0.3 is 5.97 Å². The van der Waals surface area contributed by atoms with Crippen molar-refractivity contribution >= 4 is 39.2 Å². The van der Waals surface area contributed by atoms with Crippen molar-refractivity contribution in [2.75, 3.05) is 24.6 Å². The number of hydrogen-bond acceptors (Lipinski definition) is 8. The highest BCUT2D eigenvalue weighted by atomic mass is 32.2. The van der Waals surface area contributed by atoms with E-state index in [-0.39, 0.29) is 22.7 Å². The number of amides is 1. The molecule has 0 heterocycles. The summed E-state index contributed by atoms with van der Waals surface area (Å²) in [5, 5.41) is 39.7. The van der Waals surface area contributed by atoms with Gasteiger partial charge in [0, 0.05) is 24.7 Å². The lowest BCUT2D eigenvalue weighted by atomic mass is 10.1. The minimum Gasteiger partial charge on any atom is -0.480 e. The minimum absolute atomic E-state index is 0.137. The van der Waals surface area contributed by atoms with Gasteiger partial charge in [0.25, 0.3) is 11.6 Å². The van der Waals surface area contributed by atoms with Crippen molar-refractivity contribution in [1.29, 1.82) is 5.41 Å². The molecule has 1 unspecified atom stereocenters. The molecule has 0 saturated carbocycles. The van der Waals surface area contributed by atoms with E-state index in [0.717, 1.165) is 17.0 Å². The lowest BCUT2D eigenvalue weighted by Gasteiger charge is -2.21. The van der Waals surface area contributed by atoms with Gasteiger partial charge in [-0.3, -0.25) is 25.1 Å². The molecule has 0 aliphatic carbocycles. The maximum absolute atomic E-state index is 12.5. The van der Waals surface area contributed by atoms with Crippen LogP contribution in [0.2, 0.25) is 0 Å². The predicted molar refractivity (Wildman–Crippen MR) is 120 cm³/mol. The second-order valence-electron chi connectivity index (χ2n) is 6.76. The number of nitrogens with one attached hydrogen (secondary N) is 3. The summed E-state index contributed by atoms with van der Waals surface area (Å²) >= 11 is 0. The summed E-state index contributed by atoms with van der Waals surface area (Å²) < 4.78 is 26.7. The first-order chi connectivity index (χ1) is 16.0. The minimum atomic E-state index is -4.19. The second kappa shape index (κ2) is 11.2. The molecule has 0 fully saturated rings. The molecule has 182 valence electrons. The molecule has 0 saturated heterocycles. The third kappa shape index (κ3) is 6.47. The Kier molecular flexibility index (Phi) is 8.60. The quantitative estimate of drug-likeness (QED) is 0.101. The van der Waals surface area contributed by atoms with E-state index in [0.29, 0.717) is 0 Å². The van der Waals surface area contributed by atoms with Crippen molar-refractivity contribution in [1.82, 2.24) is 10.0 Å². The number of carbonyl (C=O) groups excluding carboxylic acids is 1. The van der Waals surface area contributed by atoms with Crippen LogP contribution < -0.4 is 20.7 Å². The number of aliphatic hydroxyl groups excluding tert-OH is 1. The third-order valence-corrected chi connectivity index (χ3v) is 5.94. The maximum Gasteiger partial charge on any atom is 0.323 e. The molecule has 2 aromatic rings. The Morgan fingerprint density at radius 2 is 1.85 bits per heavy atom. The molecule has 15 heteroatoms. The highest BCUT2D eigenvalue weighted by Crippen LogP contribution is 2.29. The van der Waals surface area contributed by atoms with E-state index in [2.05, 4.69) is 5.32 Å². The van der Waals surface area contributed by atoms with Crippen LogP contribution in [0.15, 0.2) is 53.4 Å². The number of sulfonamides is 1. The van der Waals surface area contributed by atoms with Crippen LogP contribution in [0, 0.1) is 15.5 Å². The number of nitro groups is 1. The van der Waals surface area contributed by atoms with Gasteiger partial charge in [0.2, 0.25) is 10.0 Å². The summed E-state index contributed by atoms with van der Waals surface area (Å²) in [6.07, 6.45) is 0. The van der Waals surface area contributed by atoms with E-state index in [9.17, 15) is 33.2 Å². The van der Waals surface area contributed by atoms with E-state index in [1.807, 2.05) is 4.72 Å². The average molecular weight is 494 g/mol. The molecular formula is C19H22N6O8S. The van der Waals surface area contributed by atoms with Gasteiger partial charge in [-0.15, -0.1) is 0 Å². The zero-order valence-corrected chi connectivity index (χ0v) is 18.4. The number of carboxylic acids is 1. The highest BCUT2D eigenvalue weighted by molar-refractivity contribution is 7.89. The molecule has 0 aliphatic heterocycles. The first-order valence-corrected chi connectivity index (χ1v) is 11.1. The van der Waals surface area contributed by atoms with Crippen molar-refractivity contribution in [3.63, 3.8) is 0 Å². The van der Waals surface area contributed by atoms with Crippen molar-refractivity contribution in [3.05, 3.63) is 64.2 Å². The number of rotatable bonds is 11. The molecular weight excluding hydrogens is 472 g/mol. The summed E-state index contributed by atoms with van der Waals surface area (Å²) in [6, 6.07) is 8.52. The highest BCUT2D eigenvalue weighted by Gasteiger charge is 2.27. The lowest BCUT2D eigenvalue weighted by molar-refractivity contribution is -0.384. The molecule has 1 atom stereocenters. The molecule has 0 aliphatic rings. The standard InChI is InChI=1S/C19H22N6O8S/c20-19(21)24(8-9-26)15-7-6-12(10-16(15)25(30)31)17(27)22-11-14(18(28)29)23-34(32,33)13-4-2-1-3-5-13/h1-7,10,14,23,26H,8-9,11H2,(H3,20,21)(H,22,27)(H,28,29). The van der Waals surface area contributed by atoms with Crippen LogP contribution in [-0.2, 0) is 14.8 Å². The number of nitrogens with two attached hydrogens (primary N) is 1. The number of carboxylic acid groups (broad SMARTS) is 1. The molecule has 2 aromatic carbocycles. The van der Waals surface area contributed by atoms with Gasteiger partial charge in [-0.2, -0.15) is 4.72 Å². The summed E-state index contributed by atoms with van der Waals surface area (Å²) in [6.45, 7) is -1.31. The van der Waals surface area contributed by atoms with Crippen molar-refractivity contribution < 1.29 is 33.1 Å². The number of nitro benzene ring substituents is 1. The molecule has 0 bridgehead atoms. The summed E-state index contributed by atoms with van der Waals surface area (Å²) in [7, 11) is -4.19. The van der Waals surface area contributed by atoms with Crippen LogP contribution in [0.4, 0.5) is 11.4 Å². The van der Waals surface area contributed by atoms with Crippen molar-refractivity contribution in [2.24, 2.45) is 5.73 Å². The van der Waals surface area contributed by atoms with E-state index >= 15 is 0 Å². The first-order valence-electron chi connectivity index (χ1n) is 9.57. The van der Waals surface area contributed by atoms with Gasteiger partial charge in [0.05, 0.1) is 16.4 Å². The molecule has 34 heavy (non-hydrogen) atoms. The van der Waals surface area contributed by atoms with Gasteiger partial charge in [-0.1, -0.05) is 18.2 Å². The lowest BCUT2D eigenvalue weighted by Crippen LogP contribution is -2.48. The van der Waals surface area contributed by atoms with Crippen LogP contribution in [0.3, 0.4) is 0 Å². The number of benzene rings is 2. The van der Waals surface area contributed by atoms with Gasteiger partial charge in [0.15, 0.2) is 5.96 Å². The number of carbonyl (C=O) groups is 2. The topological polar surface area (TPSA) is 229 Å². The zero-order chi connectivity index (χ0) is 25.5. The van der Waals surface area contributed by atoms with Crippen LogP contribution in [0.1, 0.15) is 10.4 Å².